The molecule has 0 spiro atoms. The van der Waals surface area contributed by atoms with Crippen LogP contribution in [0.3, 0.4) is 0 Å². The molecule has 5 nitrogen and oxygen atoms in total. The standard InChI is InChI=1S/C18H21N3O2/c1-12(11-21-17(22)23-18(2,3)4)14-6-5-7-15-13(10-19)8-9-20-16(14)15/h5-9,12H,11H2,1-4H3,(H,21,22). The number of amides is 1. The fraction of sp³-hybridized carbons (Fsp3) is 0.389. The van der Waals surface area contributed by atoms with Crippen LogP contribution in [0.2, 0.25) is 0 Å². The molecule has 0 aliphatic carbocycles. The van der Waals surface area contributed by atoms with E-state index in [0.717, 1.165) is 16.5 Å². The molecule has 2 aromatic rings. The van der Waals surface area contributed by atoms with Crippen LogP contribution >= 0.6 is 0 Å². The van der Waals surface area contributed by atoms with Gasteiger partial charge in [-0.25, -0.2) is 4.79 Å². The summed E-state index contributed by atoms with van der Waals surface area (Å²) in [6, 6.07) is 9.65. The first-order chi connectivity index (χ1) is 10.8. The second-order valence-electron chi connectivity index (χ2n) is 6.50. The summed E-state index contributed by atoms with van der Waals surface area (Å²) < 4.78 is 5.24. The number of carbonyl (C=O) groups is 1. The summed E-state index contributed by atoms with van der Waals surface area (Å²) in [5.41, 5.74) is 1.88. The van der Waals surface area contributed by atoms with Gasteiger partial charge in [-0.15, -0.1) is 0 Å². The van der Waals surface area contributed by atoms with E-state index in [1.807, 2.05) is 45.9 Å². The van der Waals surface area contributed by atoms with Crippen molar-refractivity contribution in [1.29, 1.82) is 5.26 Å². The Morgan fingerprint density at radius 3 is 2.78 bits per heavy atom. The maximum Gasteiger partial charge on any atom is 0.407 e. The molecule has 0 radical (unpaired) electrons. The summed E-state index contributed by atoms with van der Waals surface area (Å²) >= 11 is 0. The molecule has 1 aromatic carbocycles. The number of nitrogens with zero attached hydrogens (tertiary/aromatic N) is 2. The van der Waals surface area contributed by atoms with Gasteiger partial charge < -0.3 is 10.1 Å². The van der Waals surface area contributed by atoms with E-state index < -0.39 is 11.7 Å². The first kappa shape index (κ1) is 16.8. The Hall–Kier alpha value is -2.61. The first-order valence-electron chi connectivity index (χ1n) is 7.56. The third-order valence-corrected chi connectivity index (χ3v) is 3.41. The highest BCUT2D eigenvalue weighted by Gasteiger charge is 2.18. The molecule has 1 aromatic heterocycles. The van der Waals surface area contributed by atoms with E-state index in [-0.39, 0.29) is 5.92 Å². The lowest BCUT2D eigenvalue weighted by atomic mass is 9.96. The van der Waals surface area contributed by atoms with E-state index in [1.54, 1.807) is 12.3 Å². The SMILES string of the molecule is CC(CNC(=O)OC(C)(C)C)c1cccc2c(C#N)ccnc12. The molecule has 5 heteroatoms. The van der Waals surface area contributed by atoms with Crippen LogP contribution in [0, 0.1) is 11.3 Å². The third kappa shape index (κ3) is 4.19. The van der Waals surface area contributed by atoms with Crippen LogP contribution in [0.15, 0.2) is 30.5 Å². The Labute approximate surface area is 136 Å². The van der Waals surface area contributed by atoms with Crippen LogP contribution in [0.25, 0.3) is 10.9 Å². The van der Waals surface area contributed by atoms with Crippen LogP contribution in [-0.4, -0.2) is 23.2 Å². The third-order valence-electron chi connectivity index (χ3n) is 3.41. The molecule has 1 amide bonds. The van der Waals surface area contributed by atoms with E-state index in [0.29, 0.717) is 12.1 Å². The number of rotatable bonds is 3. The van der Waals surface area contributed by atoms with Crippen LogP contribution in [0.5, 0.6) is 0 Å². The van der Waals surface area contributed by atoms with Crippen LogP contribution in [0.1, 0.15) is 44.7 Å². The van der Waals surface area contributed by atoms with Gasteiger partial charge in [0.15, 0.2) is 0 Å². The quantitative estimate of drug-likeness (QED) is 0.937. The summed E-state index contributed by atoms with van der Waals surface area (Å²) in [6.07, 6.45) is 1.20. The molecule has 1 atom stereocenters. The van der Waals surface area contributed by atoms with E-state index in [2.05, 4.69) is 16.4 Å². The van der Waals surface area contributed by atoms with E-state index >= 15 is 0 Å². The molecule has 2 rings (SSSR count). The monoisotopic (exact) mass is 311 g/mol. The maximum absolute atomic E-state index is 11.8. The average Bonchev–Trinajstić information content (AvgIpc) is 2.49. The highest BCUT2D eigenvalue weighted by atomic mass is 16.6. The number of fused-ring (bicyclic) bond motifs is 1. The van der Waals surface area contributed by atoms with Gasteiger partial charge >= 0.3 is 6.09 Å². The van der Waals surface area contributed by atoms with Gasteiger partial charge in [0.2, 0.25) is 0 Å². The number of nitrogens with one attached hydrogen (secondary N) is 1. The Balaban J connectivity index is 2.17. The number of nitriles is 1. The van der Waals surface area contributed by atoms with Crippen molar-refractivity contribution in [2.45, 2.75) is 39.2 Å². The zero-order chi connectivity index (χ0) is 17.0. The molecule has 120 valence electrons. The number of hydrogen-bond donors (Lipinski definition) is 1. The van der Waals surface area contributed by atoms with Crippen molar-refractivity contribution >= 4 is 17.0 Å². The zero-order valence-corrected chi connectivity index (χ0v) is 13.9. The summed E-state index contributed by atoms with van der Waals surface area (Å²) in [5, 5.41) is 12.8. The molecule has 0 bridgehead atoms. The lowest BCUT2D eigenvalue weighted by Gasteiger charge is -2.21. The van der Waals surface area contributed by atoms with Gasteiger partial charge in [-0.2, -0.15) is 5.26 Å². The van der Waals surface area contributed by atoms with Gasteiger partial charge in [-0.3, -0.25) is 4.98 Å². The molecule has 0 saturated heterocycles. The van der Waals surface area contributed by atoms with E-state index in [9.17, 15) is 10.1 Å². The van der Waals surface area contributed by atoms with Gasteiger partial charge in [0.1, 0.15) is 5.60 Å². The summed E-state index contributed by atoms with van der Waals surface area (Å²) in [6.45, 7) is 7.93. The van der Waals surface area contributed by atoms with Gasteiger partial charge in [0, 0.05) is 24.0 Å². The number of hydrogen-bond acceptors (Lipinski definition) is 4. The van der Waals surface area contributed by atoms with Gasteiger partial charge in [0.25, 0.3) is 0 Å². The number of alkyl carbamates (subject to hydrolysis) is 1. The Kier molecular flexibility index (Phi) is 4.85. The normalized spacial score (nSPS) is 12.5. The summed E-state index contributed by atoms with van der Waals surface area (Å²) in [7, 11) is 0. The second-order valence-corrected chi connectivity index (χ2v) is 6.50. The minimum absolute atomic E-state index is 0.0488. The minimum Gasteiger partial charge on any atom is -0.444 e. The molecule has 0 aliphatic rings. The number of aromatic nitrogens is 1. The van der Waals surface area contributed by atoms with Crippen LogP contribution < -0.4 is 5.32 Å². The van der Waals surface area contributed by atoms with Crippen molar-refractivity contribution < 1.29 is 9.53 Å². The van der Waals surface area contributed by atoms with Crippen molar-refractivity contribution in [2.24, 2.45) is 0 Å². The lowest BCUT2D eigenvalue weighted by Crippen LogP contribution is -2.34. The predicted octanol–water partition coefficient (Wildman–Crippen LogP) is 3.73. The fourth-order valence-corrected chi connectivity index (χ4v) is 2.35. The molecule has 1 unspecified atom stereocenters. The molecule has 1 N–H and O–H groups in total. The summed E-state index contributed by atoms with van der Waals surface area (Å²) in [5.74, 6) is 0.0488. The van der Waals surface area contributed by atoms with Crippen molar-refractivity contribution in [3.8, 4) is 6.07 Å². The highest BCUT2D eigenvalue weighted by Crippen LogP contribution is 2.25. The fourth-order valence-electron chi connectivity index (χ4n) is 2.35. The van der Waals surface area contributed by atoms with Crippen molar-refractivity contribution in [3.63, 3.8) is 0 Å². The second kappa shape index (κ2) is 6.66. The first-order valence-corrected chi connectivity index (χ1v) is 7.56. The van der Waals surface area contributed by atoms with Gasteiger partial charge in [-0.05, 0) is 32.4 Å². The van der Waals surface area contributed by atoms with Gasteiger partial charge in [0.05, 0.1) is 17.1 Å². The number of benzene rings is 1. The average molecular weight is 311 g/mol. The molecule has 0 fully saturated rings. The summed E-state index contributed by atoms with van der Waals surface area (Å²) in [4.78, 5) is 16.2. The largest absolute Gasteiger partial charge is 0.444 e. The molecule has 23 heavy (non-hydrogen) atoms. The number of para-hydroxylation sites is 1. The smallest absolute Gasteiger partial charge is 0.407 e. The highest BCUT2D eigenvalue weighted by molar-refractivity contribution is 5.87. The van der Waals surface area contributed by atoms with Crippen molar-refractivity contribution in [2.75, 3.05) is 6.54 Å². The molecular weight excluding hydrogens is 290 g/mol. The molecule has 0 aliphatic heterocycles. The van der Waals surface area contributed by atoms with Crippen LogP contribution in [-0.2, 0) is 4.74 Å². The predicted molar refractivity (Wildman–Crippen MR) is 89.1 cm³/mol. The number of ether oxygens (including phenoxy) is 1. The maximum atomic E-state index is 11.8. The zero-order valence-electron chi connectivity index (χ0n) is 13.9. The van der Waals surface area contributed by atoms with Crippen molar-refractivity contribution in [1.82, 2.24) is 10.3 Å². The van der Waals surface area contributed by atoms with E-state index in [4.69, 9.17) is 4.74 Å². The molecule has 1 heterocycles. The molecular formula is C18H21N3O2. The molecule has 0 saturated carbocycles. The Morgan fingerprint density at radius 1 is 1.39 bits per heavy atom. The topological polar surface area (TPSA) is 75.0 Å². The number of pyridine rings is 1. The Morgan fingerprint density at radius 2 is 2.13 bits per heavy atom. The lowest BCUT2D eigenvalue weighted by molar-refractivity contribution is 0.0525. The number of carbonyl (C=O) groups excluding carboxylic acids is 1. The van der Waals surface area contributed by atoms with Crippen molar-refractivity contribution in [3.05, 3.63) is 41.6 Å². The van der Waals surface area contributed by atoms with E-state index in [1.165, 1.54) is 0 Å². The van der Waals surface area contributed by atoms with Crippen LogP contribution in [0.4, 0.5) is 4.79 Å². The minimum atomic E-state index is -0.518. The Bertz CT molecular complexity index is 757. The van der Waals surface area contributed by atoms with Gasteiger partial charge in [-0.1, -0.05) is 25.1 Å².